The molecule has 0 atom stereocenters. The van der Waals surface area contributed by atoms with E-state index in [1.54, 1.807) is 29.2 Å². The monoisotopic (exact) mass is 319 g/mol. The van der Waals surface area contributed by atoms with Gasteiger partial charge in [-0.15, -0.1) is 0 Å². The fraction of sp³-hybridized carbons (Fsp3) is 0.211. The summed E-state index contributed by atoms with van der Waals surface area (Å²) >= 11 is 0. The second-order valence-electron chi connectivity index (χ2n) is 5.66. The van der Waals surface area contributed by atoms with Crippen LogP contribution in [-0.4, -0.2) is 18.4 Å². The third kappa shape index (κ3) is 3.28. The summed E-state index contributed by atoms with van der Waals surface area (Å²) < 4.78 is 0. The molecule has 0 aliphatic carbocycles. The standard InChI is InChI=1S/C19H17N3O2/c20-13-15-7-1-3-9-16(15)21-18(23)12-19(24)22-11-5-8-14-6-2-4-10-17(14)22/h1-4,6-7,9-10H,5,8,11-12H2,(H,21,23). The number of amides is 2. The van der Waals surface area contributed by atoms with Gasteiger partial charge in [-0.3, -0.25) is 9.59 Å². The van der Waals surface area contributed by atoms with Crippen LogP contribution in [-0.2, 0) is 16.0 Å². The summed E-state index contributed by atoms with van der Waals surface area (Å²) in [4.78, 5) is 26.4. The Morgan fingerprint density at radius 1 is 1.12 bits per heavy atom. The van der Waals surface area contributed by atoms with Crippen LogP contribution < -0.4 is 10.2 Å². The van der Waals surface area contributed by atoms with Gasteiger partial charge in [-0.25, -0.2) is 0 Å². The summed E-state index contributed by atoms with van der Waals surface area (Å²) in [5, 5.41) is 11.7. The Bertz CT molecular complexity index is 823. The molecule has 0 radical (unpaired) electrons. The van der Waals surface area contributed by atoms with Gasteiger partial charge >= 0.3 is 0 Å². The van der Waals surface area contributed by atoms with E-state index >= 15 is 0 Å². The predicted molar refractivity (Wildman–Crippen MR) is 91.5 cm³/mol. The molecule has 0 saturated carbocycles. The number of fused-ring (bicyclic) bond motifs is 1. The molecule has 5 heteroatoms. The number of nitriles is 1. The van der Waals surface area contributed by atoms with Crippen LogP contribution in [0.2, 0.25) is 0 Å². The van der Waals surface area contributed by atoms with Gasteiger partial charge in [0.1, 0.15) is 12.5 Å². The number of hydrogen-bond acceptors (Lipinski definition) is 3. The highest BCUT2D eigenvalue weighted by molar-refractivity contribution is 6.09. The first-order valence-corrected chi connectivity index (χ1v) is 7.86. The summed E-state index contributed by atoms with van der Waals surface area (Å²) in [6.07, 6.45) is 1.59. The minimum absolute atomic E-state index is 0.228. The van der Waals surface area contributed by atoms with Gasteiger partial charge < -0.3 is 10.2 Å². The lowest BCUT2D eigenvalue weighted by Crippen LogP contribution is -2.37. The van der Waals surface area contributed by atoms with Gasteiger partial charge in [-0.2, -0.15) is 5.26 Å². The first kappa shape index (κ1) is 15.8. The predicted octanol–water partition coefficient (Wildman–Crippen LogP) is 2.87. The van der Waals surface area contributed by atoms with Crippen molar-refractivity contribution < 1.29 is 9.59 Å². The molecule has 1 aliphatic heterocycles. The molecule has 0 spiro atoms. The van der Waals surface area contributed by atoms with Crippen LogP contribution in [0, 0.1) is 11.3 Å². The average molecular weight is 319 g/mol. The number of aryl methyl sites for hydroxylation is 1. The van der Waals surface area contributed by atoms with Crippen molar-refractivity contribution in [2.75, 3.05) is 16.8 Å². The maximum atomic E-state index is 12.5. The molecule has 2 amide bonds. The summed E-state index contributed by atoms with van der Waals surface area (Å²) in [7, 11) is 0. The second kappa shape index (κ2) is 6.97. The summed E-state index contributed by atoms with van der Waals surface area (Å²) in [6.45, 7) is 0.623. The van der Waals surface area contributed by atoms with Crippen molar-refractivity contribution in [3.8, 4) is 6.07 Å². The smallest absolute Gasteiger partial charge is 0.236 e. The summed E-state index contributed by atoms with van der Waals surface area (Å²) in [6, 6.07) is 16.5. The fourth-order valence-corrected chi connectivity index (χ4v) is 2.91. The van der Waals surface area contributed by atoms with Crippen LogP contribution in [0.15, 0.2) is 48.5 Å². The SMILES string of the molecule is N#Cc1ccccc1NC(=O)CC(=O)N1CCCc2ccccc21. The fourth-order valence-electron chi connectivity index (χ4n) is 2.91. The third-order valence-electron chi connectivity index (χ3n) is 4.04. The molecule has 3 rings (SSSR count). The van der Waals surface area contributed by atoms with E-state index in [2.05, 4.69) is 5.32 Å². The van der Waals surface area contributed by atoms with Crippen molar-refractivity contribution in [2.45, 2.75) is 19.3 Å². The van der Waals surface area contributed by atoms with Crippen LogP contribution in [0.5, 0.6) is 0 Å². The van der Waals surface area contributed by atoms with Gasteiger partial charge in [0.2, 0.25) is 11.8 Å². The molecule has 1 N–H and O–H groups in total. The van der Waals surface area contributed by atoms with Crippen molar-refractivity contribution in [1.82, 2.24) is 0 Å². The lowest BCUT2D eigenvalue weighted by atomic mass is 10.0. The van der Waals surface area contributed by atoms with Crippen molar-refractivity contribution in [1.29, 1.82) is 5.26 Å². The molecule has 5 nitrogen and oxygen atoms in total. The number of anilines is 2. The van der Waals surface area contributed by atoms with Crippen LogP contribution in [0.25, 0.3) is 0 Å². The molecule has 0 bridgehead atoms. The van der Waals surface area contributed by atoms with E-state index in [-0.39, 0.29) is 12.3 Å². The molecule has 0 fully saturated rings. The molecule has 1 heterocycles. The van der Waals surface area contributed by atoms with E-state index in [0.717, 1.165) is 24.1 Å². The number of hydrogen-bond donors (Lipinski definition) is 1. The second-order valence-corrected chi connectivity index (χ2v) is 5.66. The van der Waals surface area contributed by atoms with Gasteiger partial charge in [-0.05, 0) is 36.6 Å². The van der Waals surface area contributed by atoms with Gasteiger partial charge in [-0.1, -0.05) is 30.3 Å². The van der Waals surface area contributed by atoms with Crippen molar-refractivity contribution in [3.63, 3.8) is 0 Å². The maximum Gasteiger partial charge on any atom is 0.236 e. The first-order valence-electron chi connectivity index (χ1n) is 7.86. The molecule has 2 aromatic carbocycles. The quantitative estimate of drug-likeness (QED) is 0.884. The van der Waals surface area contributed by atoms with Crippen molar-refractivity contribution in [3.05, 3.63) is 59.7 Å². The lowest BCUT2D eigenvalue weighted by molar-refractivity contribution is -0.125. The van der Waals surface area contributed by atoms with E-state index < -0.39 is 5.91 Å². The lowest BCUT2D eigenvalue weighted by Gasteiger charge is -2.29. The molecule has 0 aromatic heterocycles. The number of carbonyl (C=O) groups is 2. The van der Waals surface area contributed by atoms with E-state index in [1.165, 1.54) is 0 Å². The van der Waals surface area contributed by atoms with E-state index in [0.29, 0.717) is 17.8 Å². The zero-order valence-electron chi connectivity index (χ0n) is 13.2. The Morgan fingerprint density at radius 2 is 1.88 bits per heavy atom. The minimum atomic E-state index is -0.411. The van der Waals surface area contributed by atoms with E-state index in [4.69, 9.17) is 5.26 Å². The van der Waals surface area contributed by atoms with Crippen LogP contribution >= 0.6 is 0 Å². The largest absolute Gasteiger partial charge is 0.324 e. The number of carbonyl (C=O) groups excluding carboxylic acids is 2. The number of benzene rings is 2. The van der Waals surface area contributed by atoms with Crippen molar-refractivity contribution in [2.24, 2.45) is 0 Å². The Kier molecular flexibility index (Phi) is 4.57. The number of para-hydroxylation sites is 2. The number of nitrogens with zero attached hydrogens (tertiary/aromatic N) is 2. The first-order chi connectivity index (χ1) is 11.7. The molecule has 2 aromatic rings. The molecular formula is C19H17N3O2. The summed E-state index contributed by atoms with van der Waals surface area (Å²) in [5.41, 5.74) is 2.82. The highest BCUT2D eigenvalue weighted by Gasteiger charge is 2.24. The van der Waals surface area contributed by atoms with E-state index in [9.17, 15) is 9.59 Å². The third-order valence-corrected chi connectivity index (χ3v) is 4.04. The maximum absolute atomic E-state index is 12.5. The number of nitrogens with one attached hydrogen (secondary N) is 1. The Balaban J connectivity index is 1.70. The zero-order chi connectivity index (χ0) is 16.9. The zero-order valence-corrected chi connectivity index (χ0v) is 13.2. The molecule has 0 saturated heterocycles. The van der Waals surface area contributed by atoms with E-state index in [1.807, 2.05) is 30.3 Å². The topological polar surface area (TPSA) is 73.2 Å². The van der Waals surface area contributed by atoms with Crippen LogP contribution in [0.3, 0.4) is 0 Å². The molecule has 24 heavy (non-hydrogen) atoms. The minimum Gasteiger partial charge on any atom is -0.324 e. The summed E-state index contributed by atoms with van der Waals surface area (Å²) in [5.74, 6) is -0.639. The molecular weight excluding hydrogens is 302 g/mol. The Morgan fingerprint density at radius 3 is 2.71 bits per heavy atom. The van der Waals surface area contributed by atoms with Gasteiger partial charge in [0.15, 0.2) is 0 Å². The highest BCUT2D eigenvalue weighted by atomic mass is 16.2. The molecule has 0 unspecified atom stereocenters. The van der Waals surface area contributed by atoms with Crippen LogP contribution in [0.1, 0.15) is 24.0 Å². The highest BCUT2D eigenvalue weighted by Crippen LogP contribution is 2.27. The Hall–Kier alpha value is -3.13. The molecule has 1 aliphatic rings. The van der Waals surface area contributed by atoms with Gasteiger partial charge in [0.05, 0.1) is 11.3 Å². The Labute approximate surface area is 140 Å². The van der Waals surface area contributed by atoms with Gasteiger partial charge in [0.25, 0.3) is 0 Å². The van der Waals surface area contributed by atoms with Crippen LogP contribution in [0.4, 0.5) is 11.4 Å². The normalized spacial score (nSPS) is 12.9. The van der Waals surface area contributed by atoms with Crippen molar-refractivity contribution >= 4 is 23.2 Å². The van der Waals surface area contributed by atoms with Gasteiger partial charge in [0, 0.05) is 12.2 Å². The average Bonchev–Trinajstić information content (AvgIpc) is 2.61. The molecule has 120 valence electrons. The number of rotatable bonds is 3.